The predicted molar refractivity (Wildman–Crippen MR) is 69.7 cm³/mol. The van der Waals surface area contributed by atoms with Crippen molar-refractivity contribution in [3.63, 3.8) is 0 Å². The first-order chi connectivity index (χ1) is 9.03. The van der Waals surface area contributed by atoms with E-state index in [-0.39, 0.29) is 11.2 Å². The molecule has 1 fully saturated rings. The standard InChI is InChI=1S/C11H10BrN5O2/c1-7-10(12)13-5-9(15-7)11(2-3-11)16-6-8(4-14-16)17(18)19/h4-6H,2-3H2,1H3. The highest BCUT2D eigenvalue weighted by Crippen LogP contribution is 2.48. The molecule has 0 unspecified atom stereocenters. The van der Waals surface area contributed by atoms with Crippen molar-refractivity contribution in [1.82, 2.24) is 19.7 Å². The molecule has 3 rings (SSSR count). The van der Waals surface area contributed by atoms with E-state index in [0.717, 1.165) is 24.2 Å². The van der Waals surface area contributed by atoms with Crippen molar-refractivity contribution in [1.29, 1.82) is 0 Å². The van der Waals surface area contributed by atoms with Crippen molar-refractivity contribution < 1.29 is 4.92 Å². The zero-order valence-electron chi connectivity index (χ0n) is 10.1. The number of halogens is 1. The third-order valence-electron chi connectivity index (χ3n) is 3.31. The monoisotopic (exact) mass is 323 g/mol. The number of aromatic nitrogens is 4. The normalized spacial score (nSPS) is 16.3. The summed E-state index contributed by atoms with van der Waals surface area (Å²) in [5.41, 5.74) is 1.22. The summed E-state index contributed by atoms with van der Waals surface area (Å²) < 4.78 is 2.33. The summed E-state index contributed by atoms with van der Waals surface area (Å²) in [4.78, 5) is 19.0. The largest absolute Gasteiger partial charge is 0.307 e. The minimum Gasteiger partial charge on any atom is -0.258 e. The van der Waals surface area contributed by atoms with Crippen LogP contribution in [0.4, 0.5) is 5.69 Å². The molecule has 8 heteroatoms. The molecule has 0 aliphatic heterocycles. The van der Waals surface area contributed by atoms with Crippen molar-refractivity contribution >= 4 is 21.6 Å². The van der Waals surface area contributed by atoms with Crippen molar-refractivity contribution in [3.8, 4) is 0 Å². The maximum atomic E-state index is 10.7. The molecule has 0 aromatic carbocycles. The fraction of sp³-hybridized carbons (Fsp3) is 0.364. The molecule has 2 aromatic heterocycles. The van der Waals surface area contributed by atoms with E-state index < -0.39 is 4.92 Å². The highest BCUT2D eigenvalue weighted by atomic mass is 79.9. The van der Waals surface area contributed by atoms with Gasteiger partial charge in [-0.3, -0.25) is 19.8 Å². The Bertz CT molecular complexity index is 665. The Kier molecular flexibility index (Phi) is 2.63. The summed E-state index contributed by atoms with van der Waals surface area (Å²) in [6.45, 7) is 1.86. The summed E-state index contributed by atoms with van der Waals surface area (Å²) in [6, 6.07) is 0. The van der Waals surface area contributed by atoms with E-state index in [9.17, 15) is 10.1 Å². The van der Waals surface area contributed by atoms with Crippen LogP contribution in [0, 0.1) is 17.0 Å². The average Bonchev–Trinajstić information content (AvgIpc) is 3.02. The highest BCUT2D eigenvalue weighted by molar-refractivity contribution is 9.10. The molecule has 98 valence electrons. The number of aryl methyl sites for hydroxylation is 1. The quantitative estimate of drug-likeness (QED) is 0.638. The highest BCUT2D eigenvalue weighted by Gasteiger charge is 2.49. The van der Waals surface area contributed by atoms with Gasteiger partial charge in [-0.15, -0.1) is 0 Å². The molecule has 1 aliphatic rings. The van der Waals surface area contributed by atoms with Crippen LogP contribution < -0.4 is 0 Å². The molecule has 0 atom stereocenters. The molecular weight excluding hydrogens is 314 g/mol. The van der Waals surface area contributed by atoms with Crippen molar-refractivity contribution in [3.05, 3.63) is 44.7 Å². The number of rotatable bonds is 3. The van der Waals surface area contributed by atoms with Crippen LogP contribution in [0.1, 0.15) is 24.2 Å². The molecule has 7 nitrogen and oxygen atoms in total. The third kappa shape index (κ3) is 1.92. The van der Waals surface area contributed by atoms with Gasteiger partial charge in [-0.25, -0.2) is 4.98 Å². The molecule has 2 aromatic rings. The van der Waals surface area contributed by atoms with E-state index in [0.29, 0.717) is 4.60 Å². The molecule has 1 aliphatic carbocycles. The zero-order chi connectivity index (χ0) is 13.6. The Morgan fingerprint density at radius 2 is 2.21 bits per heavy atom. The van der Waals surface area contributed by atoms with Crippen LogP contribution >= 0.6 is 15.9 Å². The minimum absolute atomic E-state index is 0.00642. The van der Waals surface area contributed by atoms with E-state index in [1.165, 1.54) is 12.4 Å². The Morgan fingerprint density at radius 1 is 1.47 bits per heavy atom. The van der Waals surface area contributed by atoms with Crippen LogP contribution in [-0.4, -0.2) is 24.7 Å². The summed E-state index contributed by atoms with van der Waals surface area (Å²) >= 11 is 3.31. The van der Waals surface area contributed by atoms with Crippen LogP contribution in [0.2, 0.25) is 0 Å². The fourth-order valence-electron chi connectivity index (χ4n) is 2.05. The lowest BCUT2D eigenvalue weighted by molar-refractivity contribution is -0.385. The van der Waals surface area contributed by atoms with Gasteiger partial charge in [0.05, 0.1) is 22.5 Å². The first-order valence-electron chi connectivity index (χ1n) is 5.72. The SMILES string of the molecule is Cc1nc(C2(n3cc([N+](=O)[O-])cn3)CC2)cnc1Br. The molecule has 0 N–H and O–H groups in total. The predicted octanol–water partition coefficient (Wildman–Crippen LogP) is 2.19. The van der Waals surface area contributed by atoms with Gasteiger partial charge in [-0.2, -0.15) is 5.10 Å². The van der Waals surface area contributed by atoms with Gasteiger partial charge in [-0.05, 0) is 35.7 Å². The van der Waals surface area contributed by atoms with E-state index in [1.54, 1.807) is 10.9 Å². The number of hydrogen-bond acceptors (Lipinski definition) is 5. The van der Waals surface area contributed by atoms with Gasteiger partial charge < -0.3 is 0 Å². The van der Waals surface area contributed by atoms with E-state index >= 15 is 0 Å². The second-order valence-electron chi connectivity index (χ2n) is 4.56. The number of hydrogen-bond donors (Lipinski definition) is 0. The van der Waals surface area contributed by atoms with Crippen LogP contribution in [0.15, 0.2) is 23.2 Å². The van der Waals surface area contributed by atoms with Crippen LogP contribution in [-0.2, 0) is 5.54 Å². The fourth-order valence-corrected chi connectivity index (χ4v) is 2.24. The second-order valence-corrected chi connectivity index (χ2v) is 5.31. The average molecular weight is 324 g/mol. The van der Waals surface area contributed by atoms with Crippen LogP contribution in [0.25, 0.3) is 0 Å². The van der Waals surface area contributed by atoms with E-state index in [4.69, 9.17) is 0 Å². The molecule has 0 bridgehead atoms. The Balaban J connectivity index is 2.02. The molecule has 0 saturated heterocycles. The first kappa shape index (κ1) is 12.2. The van der Waals surface area contributed by atoms with E-state index in [2.05, 4.69) is 31.0 Å². The molecular formula is C11H10BrN5O2. The smallest absolute Gasteiger partial charge is 0.258 e. The zero-order valence-corrected chi connectivity index (χ0v) is 11.7. The molecule has 1 saturated carbocycles. The lowest BCUT2D eigenvalue weighted by Gasteiger charge is -2.15. The van der Waals surface area contributed by atoms with Gasteiger partial charge in [0, 0.05) is 0 Å². The van der Waals surface area contributed by atoms with Gasteiger partial charge in [0.2, 0.25) is 0 Å². The Hall–Kier alpha value is -1.83. The van der Waals surface area contributed by atoms with Crippen molar-refractivity contribution in [2.75, 3.05) is 0 Å². The molecule has 0 amide bonds. The Morgan fingerprint density at radius 3 is 2.74 bits per heavy atom. The van der Waals surface area contributed by atoms with Gasteiger partial charge in [-0.1, -0.05) is 0 Å². The van der Waals surface area contributed by atoms with Gasteiger partial charge in [0.15, 0.2) is 0 Å². The molecule has 19 heavy (non-hydrogen) atoms. The lowest BCUT2D eigenvalue weighted by Crippen LogP contribution is -2.21. The van der Waals surface area contributed by atoms with Crippen molar-refractivity contribution in [2.24, 2.45) is 0 Å². The third-order valence-corrected chi connectivity index (χ3v) is 4.08. The van der Waals surface area contributed by atoms with Gasteiger partial charge in [0.1, 0.15) is 22.5 Å². The van der Waals surface area contributed by atoms with E-state index in [1.807, 2.05) is 6.92 Å². The number of nitrogens with zero attached hydrogens (tertiary/aromatic N) is 5. The first-order valence-corrected chi connectivity index (χ1v) is 6.51. The summed E-state index contributed by atoms with van der Waals surface area (Å²) in [7, 11) is 0. The number of nitro groups is 1. The maximum Gasteiger partial charge on any atom is 0.307 e. The van der Waals surface area contributed by atoms with Crippen molar-refractivity contribution in [2.45, 2.75) is 25.3 Å². The minimum atomic E-state index is -0.446. The molecule has 0 radical (unpaired) electrons. The lowest BCUT2D eigenvalue weighted by atomic mass is 10.2. The Labute approximate surface area is 117 Å². The van der Waals surface area contributed by atoms with Crippen LogP contribution in [0.3, 0.4) is 0 Å². The summed E-state index contributed by atoms with van der Waals surface area (Å²) in [5, 5.41) is 14.8. The summed E-state index contributed by atoms with van der Waals surface area (Å²) in [6.07, 6.45) is 6.13. The van der Waals surface area contributed by atoms with Crippen LogP contribution in [0.5, 0.6) is 0 Å². The second kappa shape index (κ2) is 4.09. The summed E-state index contributed by atoms with van der Waals surface area (Å²) in [5.74, 6) is 0. The van der Waals surface area contributed by atoms with Gasteiger partial charge >= 0.3 is 5.69 Å². The topological polar surface area (TPSA) is 86.7 Å². The molecule has 0 spiro atoms. The maximum absolute atomic E-state index is 10.7. The van der Waals surface area contributed by atoms with Gasteiger partial charge in [0.25, 0.3) is 0 Å². The molecule has 2 heterocycles.